The maximum Gasteiger partial charge on any atom is 0.223 e. The smallest absolute Gasteiger partial charge is 0.223 e. The van der Waals surface area contributed by atoms with Crippen LogP contribution in [0.1, 0.15) is 36.5 Å². The molecule has 2 N–H and O–H groups in total. The number of amides is 1. The summed E-state index contributed by atoms with van der Waals surface area (Å²) in [4.78, 5) is 26.6. The number of fused-ring (bicyclic) bond motifs is 1. The second-order valence-electron chi connectivity index (χ2n) is 6.51. The molecule has 2 heterocycles. The van der Waals surface area contributed by atoms with Gasteiger partial charge in [0.1, 0.15) is 13.2 Å². The lowest BCUT2D eigenvalue weighted by Gasteiger charge is -2.21. The lowest BCUT2D eigenvalue weighted by atomic mass is 10.1. The van der Waals surface area contributed by atoms with Crippen molar-refractivity contribution in [2.45, 2.75) is 32.2 Å². The summed E-state index contributed by atoms with van der Waals surface area (Å²) in [5.74, 6) is 1.61. The van der Waals surface area contributed by atoms with Crippen LogP contribution in [-0.4, -0.2) is 48.9 Å². The molecule has 1 aromatic carbocycles. The SMILES string of the molecule is CC1CC(CN)CN1C(=O)CCC(=O)c1ccc2c(c1)OCCO2. The van der Waals surface area contributed by atoms with Gasteiger partial charge in [-0.05, 0) is 44.0 Å². The van der Waals surface area contributed by atoms with Gasteiger partial charge in [0.15, 0.2) is 17.3 Å². The Labute approximate surface area is 141 Å². The van der Waals surface area contributed by atoms with E-state index in [0.29, 0.717) is 49.3 Å². The fourth-order valence-corrected chi connectivity index (χ4v) is 3.39. The third kappa shape index (κ3) is 3.53. The minimum atomic E-state index is -0.0532. The molecule has 2 aliphatic heterocycles. The monoisotopic (exact) mass is 332 g/mol. The van der Waals surface area contributed by atoms with Gasteiger partial charge >= 0.3 is 0 Å². The number of rotatable bonds is 5. The zero-order chi connectivity index (χ0) is 17.1. The van der Waals surface area contributed by atoms with Gasteiger partial charge in [-0.1, -0.05) is 0 Å². The van der Waals surface area contributed by atoms with Gasteiger partial charge in [-0.15, -0.1) is 0 Å². The molecular formula is C18H24N2O4. The minimum Gasteiger partial charge on any atom is -0.486 e. The van der Waals surface area contributed by atoms with Crippen molar-refractivity contribution in [2.75, 3.05) is 26.3 Å². The van der Waals surface area contributed by atoms with Crippen LogP contribution in [0.3, 0.4) is 0 Å². The molecule has 2 aliphatic rings. The first-order valence-corrected chi connectivity index (χ1v) is 8.51. The Bertz CT molecular complexity index is 631. The zero-order valence-corrected chi connectivity index (χ0v) is 14.0. The number of hydrogen-bond donors (Lipinski definition) is 1. The Hall–Kier alpha value is -2.08. The van der Waals surface area contributed by atoms with Gasteiger partial charge in [-0.2, -0.15) is 0 Å². The van der Waals surface area contributed by atoms with Gasteiger partial charge < -0.3 is 20.1 Å². The Kier molecular flexibility index (Phi) is 5.04. The van der Waals surface area contributed by atoms with Crippen LogP contribution in [0, 0.1) is 5.92 Å². The number of nitrogens with zero attached hydrogens (tertiary/aromatic N) is 1. The number of hydrogen-bond acceptors (Lipinski definition) is 5. The van der Waals surface area contributed by atoms with Crippen molar-refractivity contribution >= 4 is 11.7 Å². The standard InChI is InChI=1S/C18H24N2O4/c1-12-8-13(10-19)11-20(12)18(22)5-3-15(21)14-2-4-16-17(9-14)24-7-6-23-16/h2,4,9,12-13H,3,5-8,10-11,19H2,1H3. The van der Waals surface area contributed by atoms with E-state index in [4.69, 9.17) is 15.2 Å². The Balaban J connectivity index is 1.56. The maximum atomic E-state index is 12.4. The summed E-state index contributed by atoms with van der Waals surface area (Å²) in [7, 11) is 0. The molecule has 0 saturated carbocycles. The quantitative estimate of drug-likeness (QED) is 0.829. The molecule has 6 nitrogen and oxygen atoms in total. The number of likely N-dealkylation sites (tertiary alicyclic amines) is 1. The summed E-state index contributed by atoms with van der Waals surface area (Å²) < 4.78 is 10.9. The number of carbonyl (C=O) groups excluding carboxylic acids is 2. The summed E-state index contributed by atoms with van der Waals surface area (Å²) in [6, 6.07) is 5.38. The second-order valence-corrected chi connectivity index (χ2v) is 6.51. The molecule has 130 valence electrons. The van der Waals surface area contributed by atoms with Crippen LogP contribution in [0.25, 0.3) is 0 Å². The lowest BCUT2D eigenvalue weighted by molar-refractivity contribution is -0.131. The molecule has 0 spiro atoms. The molecule has 3 rings (SSSR count). The number of ether oxygens (including phenoxy) is 2. The number of benzene rings is 1. The molecule has 1 amide bonds. The third-order valence-corrected chi connectivity index (χ3v) is 4.75. The minimum absolute atomic E-state index is 0.0318. The first-order chi connectivity index (χ1) is 11.6. The molecule has 0 radical (unpaired) electrons. The van der Waals surface area contributed by atoms with Crippen LogP contribution >= 0.6 is 0 Å². The van der Waals surface area contributed by atoms with E-state index in [1.54, 1.807) is 18.2 Å². The molecule has 1 saturated heterocycles. The molecular weight excluding hydrogens is 308 g/mol. The summed E-state index contributed by atoms with van der Waals surface area (Å²) in [5, 5.41) is 0. The largest absolute Gasteiger partial charge is 0.486 e. The topological polar surface area (TPSA) is 81.9 Å². The van der Waals surface area contributed by atoms with Gasteiger partial charge in [0.2, 0.25) is 5.91 Å². The highest BCUT2D eigenvalue weighted by Crippen LogP contribution is 2.31. The van der Waals surface area contributed by atoms with Gasteiger partial charge in [-0.25, -0.2) is 0 Å². The van der Waals surface area contributed by atoms with E-state index in [1.807, 2.05) is 11.8 Å². The van der Waals surface area contributed by atoms with Gasteiger partial charge in [0.05, 0.1) is 0 Å². The van der Waals surface area contributed by atoms with Gasteiger partial charge in [0.25, 0.3) is 0 Å². The molecule has 6 heteroatoms. The van der Waals surface area contributed by atoms with Crippen LogP contribution in [0.5, 0.6) is 11.5 Å². The number of Topliss-reactive ketones (excluding diaryl/α,β-unsaturated/α-hetero) is 1. The van der Waals surface area contributed by atoms with Crippen molar-refractivity contribution in [2.24, 2.45) is 11.7 Å². The van der Waals surface area contributed by atoms with Crippen LogP contribution < -0.4 is 15.2 Å². The molecule has 0 bridgehead atoms. The fourth-order valence-electron chi connectivity index (χ4n) is 3.39. The normalized spacial score (nSPS) is 22.5. The molecule has 0 aromatic heterocycles. The van der Waals surface area contributed by atoms with Gasteiger partial charge in [0, 0.05) is 31.0 Å². The second kappa shape index (κ2) is 7.21. The predicted molar refractivity (Wildman–Crippen MR) is 89.3 cm³/mol. The summed E-state index contributed by atoms with van der Waals surface area (Å²) in [6.07, 6.45) is 1.38. The fraction of sp³-hybridized carbons (Fsp3) is 0.556. The predicted octanol–water partition coefficient (Wildman–Crippen LogP) is 1.62. The lowest BCUT2D eigenvalue weighted by Crippen LogP contribution is -2.34. The molecule has 1 fully saturated rings. The molecule has 2 unspecified atom stereocenters. The Morgan fingerprint density at radius 1 is 1.21 bits per heavy atom. The molecule has 0 aliphatic carbocycles. The maximum absolute atomic E-state index is 12.4. The van der Waals surface area contributed by atoms with E-state index in [-0.39, 0.29) is 30.6 Å². The van der Waals surface area contributed by atoms with E-state index in [0.717, 1.165) is 6.42 Å². The highest BCUT2D eigenvalue weighted by Gasteiger charge is 2.31. The highest BCUT2D eigenvalue weighted by atomic mass is 16.6. The molecule has 24 heavy (non-hydrogen) atoms. The van der Waals surface area contributed by atoms with E-state index in [1.165, 1.54) is 0 Å². The average molecular weight is 332 g/mol. The molecule has 2 atom stereocenters. The van der Waals surface area contributed by atoms with Crippen molar-refractivity contribution in [3.05, 3.63) is 23.8 Å². The first kappa shape index (κ1) is 16.8. The van der Waals surface area contributed by atoms with E-state index >= 15 is 0 Å². The zero-order valence-electron chi connectivity index (χ0n) is 14.0. The first-order valence-electron chi connectivity index (χ1n) is 8.51. The van der Waals surface area contributed by atoms with E-state index in [9.17, 15) is 9.59 Å². The van der Waals surface area contributed by atoms with Gasteiger partial charge in [-0.3, -0.25) is 9.59 Å². The number of nitrogens with two attached hydrogens (primary N) is 1. The summed E-state index contributed by atoms with van der Waals surface area (Å²) >= 11 is 0. The Morgan fingerprint density at radius 2 is 1.96 bits per heavy atom. The van der Waals surface area contributed by atoms with Crippen LogP contribution in [-0.2, 0) is 4.79 Å². The number of ketones is 1. The van der Waals surface area contributed by atoms with Crippen molar-refractivity contribution in [3.63, 3.8) is 0 Å². The van der Waals surface area contributed by atoms with Crippen molar-refractivity contribution in [1.82, 2.24) is 4.90 Å². The Morgan fingerprint density at radius 3 is 2.67 bits per heavy atom. The van der Waals surface area contributed by atoms with E-state index < -0.39 is 0 Å². The van der Waals surface area contributed by atoms with Crippen molar-refractivity contribution < 1.29 is 19.1 Å². The van der Waals surface area contributed by atoms with Crippen LogP contribution in [0.4, 0.5) is 0 Å². The highest BCUT2D eigenvalue weighted by molar-refractivity contribution is 5.98. The summed E-state index contributed by atoms with van der Waals surface area (Å²) in [5.41, 5.74) is 6.25. The molecule has 1 aromatic rings. The van der Waals surface area contributed by atoms with Crippen molar-refractivity contribution in [1.29, 1.82) is 0 Å². The van der Waals surface area contributed by atoms with E-state index in [2.05, 4.69) is 0 Å². The van der Waals surface area contributed by atoms with Crippen LogP contribution in [0.2, 0.25) is 0 Å². The van der Waals surface area contributed by atoms with Crippen LogP contribution in [0.15, 0.2) is 18.2 Å². The summed E-state index contributed by atoms with van der Waals surface area (Å²) in [6.45, 7) is 4.35. The third-order valence-electron chi connectivity index (χ3n) is 4.75. The number of carbonyl (C=O) groups is 2. The van der Waals surface area contributed by atoms with Crippen molar-refractivity contribution in [3.8, 4) is 11.5 Å². The average Bonchev–Trinajstić information content (AvgIpc) is 3.00.